The van der Waals surface area contributed by atoms with Crippen molar-refractivity contribution in [3.63, 3.8) is 0 Å². The molecule has 0 radical (unpaired) electrons. The lowest BCUT2D eigenvalue weighted by atomic mass is 10.1. The second-order valence-corrected chi connectivity index (χ2v) is 6.41. The lowest BCUT2D eigenvalue weighted by molar-refractivity contribution is 0.0797. The lowest BCUT2D eigenvalue weighted by Crippen LogP contribution is -2.08. The van der Waals surface area contributed by atoms with Crippen LogP contribution in [0.5, 0.6) is 5.88 Å². The molecular formula is C20H18F2N4O. The molecule has 3 aromatic heterocycles. The molecule has 0 saturated heterocycles. The van der Waals surface area contributed by atoms with Crippen LogP contribution in [0.25, 0.3) is 28.1 Å². The van der Waals surface area contributed by atoms with Crippen LogP contribution >= 0.6 is 0 Å². The van der Waals surface area contributed by atoms with Crippen molar-refractivity contribution in [1.82, 2.24) is 19.4 Å². The standard InChI is InChI=1S/C20H18F2N4O/c1-11-6-4-5-7-14(11)19-24-13(3)18-12(2)23-15-8-9-17(27-10-16(21)22)25-20(15)26(18)19/h4-9,16H,10H2,1-3H3. The molecule has 0 saturated carbocycles. The van der Waals surface area contributed by atoms with E-state index in [0.717, 1.165) is 33.9 Å². The van der Waals surface area contributed by atoms with Crippen molar-refractivity contribution in [2.45, 2.75) is 27.2 Å². The van der Waals surface area contributed by atoms with Crippen molar-refractivity contribution in [3.8, 4) is 17.3 Å². The predicted molar refractivity (Wildman–Crippen MR) is 99.4 cm³/mol. The number of alkyl halides is 2. The van der Waals surface area contributed by atoms with Gasteiger partial charge in [-0.1, -0.05) is 24.3 Å². The first-order chi connectivity index (χ1) is 13.0. The number of imidazole rings is 1. The molecule has 0 bridgehead atoms. The van der Waals surface area contributed by atoms with E-state index in [1.807, 2.05) is 49.4 Å². The summed E-state index contributed by atoms with van der Waals surface area (Å²) in [6.07, 6.45) is -2.56. The summed E-state index contributed by atoms with van der Waals surface area (Å²) in [6, 6.07) is 11.2. The predicted octanol–water partition coefficient (Wildman–Crippen LogP) is 4.51. The van der Waals surface area contributed by atoms with Gasteiger partial charge in [-0.25, -0.2) is 18.7 Å². The molecule has 4 aromatic rings. The van der Waals surface area contributed by atoms with E-state index in [0.29, 0.717) is 11.2 Å². The Hall–Kier alpha value is -3.09. The fraction of sp³-hybridized carbons (Fsp3) is 0.250. The maximum Gasteiger partial charge on any atom is 0.272 e. The molecule has 0 aliphatic heterocycles. The van der Waals surface area contributed by atoms with Crippen LogP contribution in [0.3, 0.4) is 0 Å². The lowest BCUT2D eigenvalue weighted by Gasteiger charge is -2.11. The molecule has 0 unspecified atom stereocenters. The quantitative estimate of drug-likeness (QED) is 0.532. The van der Waals surface area contributed by atoms with Crippen LogP contribution in [0.15, 0.2) is 36.4 Å². The number of pyridine rings is 1. The molecule has 27 heavy (non-hydrogen) atoms. The van der Waals surface area contributed by atoms with Gasteiger partial charge < -0.3 is 4.74 Å². The van der Waals surface area contributed by atoms with Gasteiger partial charge in [0.2, 0.25) is 5.88 Å². The van der Waals surface area contributed by atoms with Gasteiger partial charge in [0, 0.05) is 11.6 Å². The molecule has 5 nitrogen and oxygen atoms in total. The molecule has 0 amide bonds. The first kappa shape index (κ1) is 17.3. The minimum atomic E-state index is -2.56. The summed E-state index contributed by atoms with van der Waals surface area (Å²) in [5.74, 6) is 0.881. The molecule has 7 heteroatoms. The first-order valence-corrected chi connectivity index (χ1v) is 8.59. The van der Waals surface area contributed by atoms with Crippen LogP contribution in [0.2, 0.25) is 0 Å². The number of aryl methyl sites for hydroxylation is 3. The zero-order chi connectivity index (χ0) is 19.1. The van der Waals surface area contributed by atoms with E-state index in [4.69, 9.17) is 9.72 Å². The summed E-state index contributed by atoms with van der Waals surface area (Å²) in [7, 11) is 0. The largest absolute Gasteiger partial charge is 0.472 e. The summed E-state index contributed by atoms with van der Waals surface area (Å²) in [5, 5.41) is 0. The minimum absolute atomic E-state index is 0.136. The molecule has 0 aliphatic rings. The number of ether oxygens (including phenoxy) is 1. The number of nitrogens with zero attached hydrogens (tertiary/aromatic N) is 4. The van der Waals surface area contributed by atoms with Crippen molar-refractivity contribution < 1.29 is 13.5 Å². The zero-order valence-electron chi connectivity index (χ0n) is 15.2. The highest BCUT2D eigenvalue weighted by Gasteiger charge is 2.18. The Bertz CT molecular complexity index is 1150. The number of hydrogen-bond donors (Lipinski definition) is 0. The van der Waals surface area contributed by atoms with Crippen LogP contribution in [-0.4, -0.2) is 32.4 Å². The number of fused-ring (bicyclic) bond motifs is 3. The Morgan fingerprint density at radius 2 is 1.70 bits per heavy atom. The van der Waals surface area contributed by atoms with Crippen molar-refractivity contribution >= 4 is 16.7 Å². The third kappa shape index (κ3) is 2.99. The monoisotopic (exact) mass is 368 g/mol. The van der Waals surface area contributed by atoms with Gasteiger partial charge in [0.05, 0.1) is 16.9 Å². The fourth-order valence-electron chi connectivity index (χ4n) is 3.30. The number of aromatic nitrogens is 4. The second-order valence-electron chi connectivity index (χ2n) is 6.41. The van der Waals surface area contributed by atoms with Crippen LogP contribution in [0, 0.1) is 20.8 Å². The second kappa shape index (κ2) is 6.57. The van der Waals surface area contributed by atoms with Crippen LogP contribution in [-0.2, 0) is 0 Å². The van der Waals surface area contributed by atoms with Crippen molar-refractivity contribution in [2.24, 2.45) is 0 Å². The summed E-state index contributed by atoms with van der Waals surface area (Å²) in [5.41, 5.74) is 5.76. The van der Waals surface area contributed by atoms with E-state index >= 15 is 0 Å². The Morgan fingerprint density at radius 1 is 0.963 bits per heavy atom. The van der Waals surface area contributed by atoms with Gasteiger partial charge >= 0.3 is 0 Å². The molecule has 0 N–H and O–H groups in total. The Labute approximate surface area is 154 Å². The van der Waals surface area contributed by atoms with Crippen LogP contribution in [0.4, 0.5) is 8.78 Å². The molecule has 0 fully saturated rings. The molecule has 138 valence electrons. The number of hydrogen-bond acceptors (Lipinski definition) is 4. The van der Waals surface area contributed by atoms with E-state index in [1.54, 1.807) is 12.1 Å². The van der Waals surface area contributed by atoms with Crippen molar-refractivity contribution in [1.29, 1.82) is 0 Å². The molecule has 3 heterocycles. The van der Waals surface area contributed by atoms with Crippen LogP contribution in [0.1, 0.15) is 17.0 Å². The number of benzene rings is 1. The molecule has 0 spiro atoms. The number of rotatable bonds is 4. The highest BCUT2D eigenvalue weighted by molar-refractivity contribution is 5.81. The fourth-order valence-corrected chi connectivity index (χ4v) is 3.30. The topological polar surface area (TPSA) is 52.3 Å². The van der Waals surface area contributed by atoms with E-state index < -0.39 is 13.0 Å². The Balaban J connectivity index is 2.03. The summed E-state index contributed by atoms with van der Waals surface area (Å²) in [4.78, 5) is 13.8. The SMILES string of the molecule is Cc1ccccc1-c1nc(C)c2c(C)nc3ccc(OCC(F)F)nc3n12. The smallest absolute Gasteiger partial charge is 0.272 e. The maximum absolute atomic E-state index is 12.5. The molecular weight excluding hydrogens is 350 g/mol. The third-order valence-corrected chi connectivity index (χ3v) is 4.47. The van der Waals surface area contributed by atoms with Gasteiger partial charge in [-0.2, -0.15) is 4.98 Å². The van der Waals surface area contributed by atoms with Gasteiger partial charge in [0.15, 0.2) is 12.3 Å². The van der Waals surface area contributed by atoms with E-state index in [1.165, 1.54) is 0 Å². The van der Waals surface area contributed by atoms with Crippen molar-refractivity contribution in [3.05, 3.63) is 53.3 Å². The molecule has 0 atom stereocenters. The highest BCUT2D eigenvalue weighted by atomic mass is 19.3. The summed E-state index contributed by atoms with van der Waals surface area (Å²) in [6.45, 7) is 5.17. The molecule has 4 rings (SSSR count). The summed E-state index contributed by atoms with van der Waals surface area (Å²) < 4.78 is 32.0. The average Bonchev–Trinajstić information content (AvgIpc) is 2.99. The van der Waals surface area contributed by atoms with E-state index in [9.17, 15) is 8.78 Å². The molecule has 0 aliphatic carbocycles. The third-order valence-electron chi connectivity index (χ3n) is 4.47. The number of halogens is 2. The molecule has 1 aromatic carbocycles. The van der Waals surface area contributed by atoms with Gasteiger partial charge in [-0.05, 0) is 32.4 Å². The van der Waals surface area contributed by atoms with Gasteiger partial charge in [0.25, 0.3) is 6.43 Å². The van der Waals surface area contributed by atoms with Gasteiger partial charge in [0.1, 0.15) is 11.3 Å². The van der Waals surface area contributed by atoms with Crippen molar-refractivity contribution in [2.75, 3.05) is 6.61 Å². The van der Waals surface area contributed by atoms with Crippen LogP contribution < -0.4 is 4.74 Å². The highest BCUT2D eigenvalue weighted by Crippen LogP contribution is 2.30. The first-order valence-electron chi connectivity index (χ1n) is 8.59. The van der Waals surface area contributed by atoms with E-state index in [-0.39, 0.29) is 5.88 Å². The van der Waals surface area contributed by atoms with Gasteiger partial charge in [-0.15, -0.1) is 0 Å². The minimum Gasteiger partial charge on any atom is -0.472 e. The Morgan fingerprint density at radius 3 is 2.44 bits per heavy atom. The van der Waals surface area contributed by atoms with Gasteiger partial charge in [-0.3, -0.25) is 4.40 Å². The Kier molecular flexibility index (Phi) is 4.22. The van der Waals surface area contributed by atoms with E-state index in [2.05, 4.69) is 9.97 Å². The zero-order valence-corrected chi connectivity index (χ0v) is 15.2. The average molecular weight is 368 g/mol. The summed E-state index contributed by atoms with van der Waals surface area (Å²) >= 11 is 0. The normalized spacial score (nSPS) is 11.6. The maximum atomic E-state index is 12.5.